The number of hydrogen-bond acceptors (Lipinski definition) is 2. The highest BCUT2D eigenvalue weighted by molar-refractivity contribution is 5.90. The Morgan fingerprint density at radius 2 is 2.07 bits per heavy atom. The van der Waals surface area contributed by atoms with Crippen LogP contribution >= 0.6 is 0 Å². The van der Waals surface area contributed by atoms with Crippen LogP contribution in [-0.2, 0) is 9.59 Å². The fraction of sp³-hybridized carbons (Fsp3) is 0.333. The maximum atomic E-state index is 12.9. The number of carbonyl (C=O) groups is 2. The summed E-state index contributed by atoms with van der Waals surface area (Å²) in [5.41, 5.74) is -1.69. The number of carboxylic acid groups (broad SMARTS) is 2. The Morgan fingerprint density at radius 1 is 1.50 bits per heavy atom. The molecule has 0 aromatic heterocycles. The first-order valence-electron chi connectivity index (χ1n) is 3.91. The van der Waals surface area contributed by atoms with Gasteiger partial charge < -0.3 is 10.2 Å². The first-order chi connectivity index (χ1) is 6.35. The summed E-state index contributed by atoms with van der Waals surface area (Å²) in [5.74, 6) is -3.35. The molecule has 4 nitrogen and oxygen atoms in total. The monoisotopic (exact) mass is 200 g/mol. The number of carboxylic acids is 2. The highest BCUT2D eigenvalue weighted by Crippen LogP contribution is 2.34. The molecule has 1 unspecified atom stereocenters. The molecule has 0 spiro atoms. The van der Waals surface area contributed by atoms with Gasteiger partial charge in [-0.3, -0.25) is 4.79 Å². The van der Waals surface area contributed by atoms with Gasteiger partial charge in [0.1, 0.15) is 5.83 Å². The van der Waals surface area contributed by atoms with E-state index in [1.54, 1.807) is 0 Å². The average molecular weight is 200 g/mol. The number of halogens is 1. The number of hydrogen-bond donors (Lipinski definition) is 2. The summed E-state index contributed by atoms with van der Waals surface area (Å²) in [5, 5.41) is 17.4. The maximum Gasteiger partial charge on any atom is 0.331 e. The summed E-state index contributed by atoms with van der Waals surface area (Å²) in [6, 6.07) is 0. The molecule has 76 valence electrons. The van der Waals surface area contributed by atoms with E-state index >= 15 is 0 Å². The van der Waals surface area contributed by atoms with Crippen LogP contribution in [0.4, 0.5) is 4.39 Å². The summed E-state index contributed by atoms with van der Waals surface area (Å²) in [7, 11) is 0. The van der Waals surface area contributed by atoms with Gasteiger partial charge in [0.05, 0.1) is 5.41 Å². The van der Waals surface area contributed by atoms with Crippen molar-refractivity contribution in [1.29, 1.82) is 0 Å². The van der Waals surface area contributed by atoms with Gasteiger partial charge in [0.15, 0.2) is 0 Å². The van der Waals surface area contributed by atoms with E-state index in [1.807, 2.05) is 0 Å². The van der Waals surface area contributed by atoms with Crippen LogP contribution in [0.1, 0.15) is 13.3 Å². The lowest BCUT2D eigenvalue weighted by atomic mass is 9.80. The quantitative estimate of drug-likeness (QED) is 0.705. The van der Waals surface area contributed by atoms with Crippen molar-refractivity contribution in [2.24, 2.45) is 5.41 Å². The van der Waals surface area contributed by atoms with Gasteiger partial charge in [-0.25, -0.2) is 9.18 Å². The van der Waals surface area contributed by atoms with Gasteiger partial charge >= 0.3 is 11.9 Å². The smallest absolute Gasteiger partial charge is 0.331 e. The molecule has 0 amide bonds. The van der Waals surface area contributed by atoms with Crippen molar-refractivity contribution >= 4 is 11.9 Å². The molecular formula is C9H9FO4. The standard InChI is InChI=1S/C9H9FO4/c1-9(8(13)14)3-5(7(11)12)2-6(10)4-9/h2,4H,3H2,1H3,(H,11,12)(H,13,14). The summed E-state index contributed by atoms with van der Waals surface area (Å²) in [4.78, 5) is 21.3. The van der Waals surface area contributed by atoms with E-state index < -0.39 is 23.2 Å². The highest BCUT2D eigenvalue weighted by atomic mass is 19.1. The molecule has 0 aromatic rings. The lowest BCUT2D eigenvalue weighted by Gasteiger charge is -2.23. The first kappa shape index (κ1) is 10.4. The van der Waals surface area contributed by atoms with Crippen LogP contribution in [0.2, 0.25) is 0 Å². The van der Waals surface area contributed by atoms with Gasteiger partial charge in [-0.1, -0.05) is 0 Å². The third kappa shape index (κ3) is 1.81. The molecule has 2 N–H and O–H groups in total. The molecule has 1 rings (SSSR count). The van der Waals surface area contributed by atoms with Crippen molar-refractivity contribution in [3.8, 4) is 0 Å². The molecule has 0 fully saturated rings. The molecule has 1 atom stereocenters. The van der Waals surface area contributed by atoms with Gasteiger partial charge in [0.2, 0.25) is 0 Å². The van der Waals surface area contributed by atoms with E-state index in [0.29, 0.717) is 0 Å². The van der Waals surface area contributed by atoms with Crippen molar-refractivity contribution in [2.45, 2.75) is 13.3 Å². The van der Waals surface area contributed by atoms with E-state index in [2.05, 4.69) is 0 Å². The second kappa shape index (κ2) is 3.25. The Bertz CT molecular complexity index is 356. The number of rotatable bonds is 2. The predicted molar refractivity (Wildman–Crippen MR) is 45.3 cm³/mol. The van der Waals surface area contributed by atoms with Crippen LogP contribution in [0.25, 0.3) is 0 Å². The predicted octanol–water partition coefficient (Wildman–Crippen LogP) is 1.35. The van der Waals surface area contributed by atoms with E-state index in [1.165, 1.54) is 6.92 Å². The fourth-order valence-corrected chi connectivity index (χ4v) is 1.28. The van der Waals surface area contributed by atoms with Gasteiger partial charge in [-0.05, 0) is 25.5 Å². The van der Waals surface area contributed by atoms with Gasteiger partial charge in [-0.15, -0.1) is 0 Å². The molecule has 0 bridgehead atoms. The normalized spacial score (nSPS) is 26.4. The second-order valence-corrected chi connectivity index (χ2v) is 3.40. The molecule has 5 heteroatoms. The van der Waals surface area contributed by atoms with Gasteiger partial charge in [0, 0.05) is 5.57 Å². The lowest BCUT2D eigenvalue weighted by molar-refractivity contribution is -0.145. The molecule has 0 radical (unpaired) electrons. The minimum absolute atomic E-state index is 0.203. The van der Waals surface area contributed by atoms with Crippen molar-refractivity contribution in [2.75, 3.05) is 0 Å². The fourth-order valence-electron chi connectivity index (χ4n) is 1.28. The summed E-state index contributed by atoms with van der Waals surface area (Å²) >= 11 is 0. The van der Waals surface area contributed by atoms with E-state index in [-0.39, 0.29) is 12.0 Å². The van der Waals surface area contributed by atoms with E-state index in [4.69, 9.17) is 10.2 Å². The Balaban J connectivity index is 3.08. The Labute approximate surface area is 79.4 Å². The second-order valence-electron chi connectivity index (χ2n) is 3.40. The molecule has 0 aliphatic heterocycles. The highest BCUT2D eigenvalue weighted by Gasteiger charge is 2.36. The van der Waals surface area contributed by atoms with Crippen molar-refractivity contribution in [3.63, 3.8) is 0 Å². The van der Waals surface area contributed by atoms with Crippen LogP contribution in [0.5, 0.6) is 0 Å². The minimum Gasteiger partial charge on any atom is -0.481 e. The maximum absolute atomic E-state index is 12.9. The molecule has 0 aromatic carbocycles. The molecule has 1 aliphatic carbocycles. The third-order valence-corrected chi connectivity index (χ3v) is 2.09. The van der Waals surface area contributed by atoms with Crippen LogP contribution in [0.15, 0.2) is 23.6 Å². The minimum atomic E-state index is -1.47. The number of allylic oxidation sites excluding steroid dienone is 2. The lowest BCUT2D eigenvalue weighted by Crippen LogP contribution is -2.29. The molecule has 1 aliphatic rings. The van der Waals surface area contributed by atoms with Crippen molar-refractivity contribution in [1.82, 2.24) is 0 Å². The molecular weight excluding hydrogens is 191 g/mol. The summed E-state index contributed by atoms with van der Waals surface area (Å²) in [6.07, 6.45) is 1.56. The Kier molecular flexibility index (Phi) is 2.42. The number of aliphatic carboxylic acids is 2. The van der Waals surface area contributed by atoms with Crippen molar-refractivity contribution < 1.29 is 24.2 Å². The average Bonchev–Trinajstić information content (AvgIpc) is 2.02. The molecule has 0 heterocycles. The first-order valence-corrected chi connectivity index (χ1v) is 3.91. The van der Waals surface area contributed by atoms with Crippen LogP contribution in [0, 0.1) is 5.41 Å². The van der Waals surface area contributed by atoms with Crippen LogP contribution in [0.3, 0.4) is 0 Å². The third-order valence-electron chi connectivity index (χ3n) is 2.09. The molecule has 0 saturated heterocycles. The van der Waals surface area contributed by atoms with Gasteiger partial charge in [0.25, 0.3) is 0 Å². The zero-order valence-electron chi connectivity index (χ0n) is 7.45. The summed E-state index contributed by atoms with van der Waals surface area (Å²) < 4.78 is 12.9. The summed E-state index contributed by atoms with van der Waals surface area (Å²) in [6.45, 7) is 1.28. The molecule has 14 heavy (non-hydrogen) atoms. The van der Waals surface area contributed by atoms with Crippen molar-refractivity contribution in [3.05, 3.63) is 23.6 Å². The van der Waals surface area contributed by atoms with Crippen LogP contribution < -0.4 is 0 Å². The zero-order valence-corrected chi connectivity index (χ0v) is 7.45. The Hall–Kier alpha value is -1.65. The molecule has 0 saturated carbocycles. The van der Waals surface area contributed by atoms with E-state index in [0.717, 1.165) is 12.2 Å². The Morgan fingerprint density at radius 3 is 2.50 bits per heavy atom. The largest absolute Gasteiger partial charge is 0.481 e. The van der Waals surface area contributed by atoms with E-state index in [9.17, 15) is 14.0 Å². The SMILES string of the molecule is CC1(C(=O)O)C=C(F)C=C(C(=O)O)C1. The topological polar surface area (TPSA) is 74.6 Å². The van der Waals surface area contributed by atoms with Gasteiger partial charge in [-0.2, -0.15) is 0 Å². The zero-order chi connectivity index (χ0) is 10.9. The van der Waals surface area contributed by atoms with Crippen LogP contribution in [-0.4, -0.2) is 22.2 Å².